The predicted octanol–water partition coefficient (Wildman–Crippen LogP) is 15.5. The van der Waals surface area contributed by atoms with Gasteiger partial charge in [0, 0.05) is 61.4 Å². The van der Waals surface area contributed by atoms with Gasteiger partial charge in [-0.15, -0.1) is 0 Å². The summed E-state index contributed by atoms with van der Waals surface area (Å²) in [6.45, 7) is -0.139. The van der Waals surface area contributed by atoms with Gasteiger partial charge < -0.3 is 14.0 Å². The van der Waals surface area contributed by atoms with Crippen LogP contribution in [0.1, 0.15) is 22.6 Å². The zero-order chi connectivity index (χ0) is 54.7. The Kier molecular flexibility index (Phi) is 9.57. The van der Waals surface area contributed by atoms with Gasteiger partial charge in [0.15, 0.2) is 0 Å². The van der Waals surface area contributed by atoms with Gasteiger partial charge in [0.25, 0.3) is 6.71 Å². The fourth-order valence-corrected chi connectivity index (χ4v) is 15.9. The molecule has 0 fully saturated rings. The fraction of sp³-hybridized carbons (Fsp3) is 0.0127. The lowest BCUT2D eigenvalue weighted by molar-refractivity contribution is 0.985. The van der Waals surface area contributed by atoms with Crippen LogP contribution in [0, 0.1) is 0 Å². The molecule has 0 aliphatic carbocycles. The average Bonchev–Trinajstić information content (AvgIpc) is 1.73. The lowest BCUT2D eigenvalue weighted by Crippen LogP contribution is -2.63. The Bertz CT molecular complexity index is 4920. The molecule has 0 amide bonds. The quantitative estimate of drug-likeness (QED) is 0.151. The van der Waals surface area contributed by atoms with Crippen LogP contribution in [0.2, 0.25) is 0 Å². The van der Waals surface area contributed by atoms with Crippen molar-refractivity contribution in [1.82, 2.24) is 9.13 Å². The standard InChI is InChI=1S/C79H49B2N3/c1-7-23-49(24-8-1)54-43-61(51-27-11-3-12-28-51)74-59-40-39-58-73(53-31-15-5-16-32-53)57-35-19-20-36-63(57)80-65-47-70-66(48-69(65)83(71(74)45-54)78(59)76(58)80)81-64-37-21-22-38-67(64)82(56-33-17-6-18-34-56)68-42-41-60-75-62(52-29-13-4-14-30-52)44-55(50-25-9-2-10-26-50)46-72(75)84(70)79(60)77(68)81/h1-48,73H. The van der Waals surface area contributed by atoms with Crippen LogP contribution in [0.4, 0.5) is 17.1 Å². The van der Waals surface area contributed by atoms with E-state index in [4.69, 9.17) is 0 Å². The van der Waals surface area contributed by atoms with Crippen molar-refractivity contribution < 1.29 is 0 Å². The maximum absolute atomic E-state index is 2.72. The number of aromatic nitrogens is 2. The lowest BCUT2D eigenvalue weighted by Gasteiger charge is -2.41. The molecule has 13 aromatic carbocycles. The Morgan fingerprint density at radius 3 is 1.31 bits per heavy atom. The van der Waals surface area contributed by atoms with Gasteiger partial charge in [-0.2, -0.15) is 0 Å². The third-order valence-electron chi connectivity index (χ3n) is 19.2. The Morgan fingerprint density at radius 2 is 0.738 bits per heavy atom. The van der Waals surface area contributed by atoms with Gasteiger partial charge in [-0.25, -0.2) is 0 Å². The number of para-hydroxylation sites is 2. The molecule has 386 valence electrons. The van der Waals surface area contributed by atoms with Crippen LogP contribution in [0.25, 0.3) is 99.5 Å². The fourth-order valence-electron chi connectivity index (χ4n) is 15.9. The van der Waals surface area contributed by atoms with Crippen LogP contribution in [0.3, 0.4) is 0 Å². The molecule has 3 nitrogen and oxygen atoms in total. The molecule has 2 aromatic heterocycles. The predicted molar refractivity (Wildman–Crippen MR) is 355 cm³/mol. The van der Waals surface area contributed by atoms with Crippen molar-refractivity contribution in [2.45, 2.75) is 5.92 Å². The minimum Gasteiger partial charge on any atom is -0.311 e. The maximum Gasteiger partial charge on any atom is 0.252 e. The summed E-state index contributed by atoms with van der Waals surface area (Å²) in [6.07, 6.45) is 0. The van der Waals surface area contributed by atoms with Crippen LogP contribution in [0.15, 0.2) is 291 Å². The molecule has 0 spiro atoms. The van der Waals surface area contributed by atoms with Crippen LogP contribution in [-0.2, 0) is 0 Å². The highest BCUT2D eigenvalue weighted by molar-refractivity contribution is 7.02. The topological polar surface area (TPSA) is 13.1 Å². The minimum absolute atomic E-state index is 0.0506. The SMILES string of the molecule is c1ccc(-c2cc(-c3ccccc3)c3c4ccc5c6c4n(c3c2)-c2cc3c(cc2B6c2ccccc2C5c2ccccc2)-n2c4cc(-c5ccccc5)cc(-c5ccccc5)c4c4ccc5c(c42)B3c2ccccc2N5c2ccccc2)cc1. The highest BCUT2D eigenvalue weighted by Crippen LogP contribution is 2.49. The van der Waals surface area contributed by atoms with Crippen molar-refractivity contribution in [2.24, 2.45) is 0 Å². The van der Waals surface area contributed by atoms with Gasteiger partial charge in [-0.1, -0.05) is 236 Å². The summed E-state index contributed by atoms with van der Waals surface area (Å²) < 4.78 is 5.43. The zero-order valence-electron chi connectivity index (χ0n) is 45.8. The van der Waals surface area contributed by atoms with Gasteiger partial charge in [-0.05, 0) is 149 Å². The molecular formula is C79H49B2N3. The first kappa shape index (κ1) is 46.0. The van der Waals surface area contributed by atoms with E-state index in [0.717, 1.165) is 5.69 Å². The highest BCUT2D eigenvalue weighted by atomic mass is 15.2. The molecular weight excluding hydrogens is 1010 g/mol. The smallest absolute Gasteiger partial charge is 0.252 e. The molecule has 0 N–H and O–H groups in total. The molecule has 4 aliphatic rings. The van der Waals surface area contributed by atoms with Crippen molar-refractivity contribution in [3.05, 3.63) is 308 Å². The maximum atomic E-state index is 2.72. The second-order valence-electron chi connectivity index (χ2n) is 23.4. The van der Waals surface area contributed by atoms with Crippen molar-refractivity contribution in [3.8, 4) is 55.9 Å². The van der Waals surface area contributed by atoms with E-state index >= 15 is 0 Å². The Labute approximate surface area is 487 Å². The van der Waals surface area contributed by atoms with Gasteiger partial charge >= 0.3 is 0 Å². The molecule has 0 saturated heterocycles. The van der Waals surface area contributed by atoms with E-state index in [2.05, 4.69) is 305 Å². The van der Waals surface area contributed by atoms with E-state index in [1.165, 1.54) is 160 Å². The van der Waals surface area contributed by atoms with E-state index in [0.29, 0.717) is 0 Å². The number of hydrogen-bond acceptors (Lipinski definition) is 1. The Hall–Kier alpha value is -10.6. The minimum atomic E-state index is -0.0864. The van der Waals surface area contributed by atoms with Crippen molar-refractivity contribution in [2.75, 3.05) is 4.90 Å². The van der Waals surface area contributed by atoms with Crippen LogP contribution >= 0.6 is 0 Å². The summed E-state index contributed by atoms with van der Waals surface area (Å²) in [5.74, 6) is 0.0506. The van der Waals surface area contributed by atoms with Crippen molar-refractivity contribution in [3.63, 3.8) is 0 Å². The number of rotatable bonds is 6. The van der Waals surface area contributed by atoms with Gasteiger partial charge in [-0.3, -0.25) is 0 Å². The van der Waals surface area contributed by atoms with Crippen molar-refractivity contribution in [1.29, 1.82) is 0 Å². The number of hydrogen-bond donors (Lipinski definition) is 0. The van der Waals surface area contributed by atoms with Gasteiger partial charge in [0.1, 0.15) is 0 Å². The number of nitrogens with zero attached hydrogens (tertiary/aromatic N) is 3. The second kappa shape index (κ2) is 17.5. The lowest BCUT2D eigenvalue weighted by atomic mass is 9.30. The number of fused-ring (bicyclic) bond motifs is 16. The summed E-state index contributed by atoms with van der Waals surface area (Å²) >= 11 is 0. The zero-order valence-corrected chi connectivity index (χ0v) is 45.8. The highest BCUT2D eigenvalue weighted by Gasteiger charge is 2.47. The number of benzene rings is 13. The summed E-state index contributed by atoms with van der Waals surface area (Å²) in [7, 11) is 0. The first-order chi connectivity index (χ1) is 41.7. The molecule has 6 heterocycles. The van der Waals surface area contributed by atoms with E-state index in [1.807, 2.05) is 0 Å². The largest absolute Gasteiger partial charge is 0.311 e. The van der Waals surface area contributed by atoms with Gasteiger partial charge in [0.2, 0.25) is 6.71 Å². The molecule has 84 heavy (non-hydrogen) atoms. The molecule has 0 bridgehead atoms. The summed E-state index contributed by atoms with van der Waals surface area (Å²) in [4.78, 5) is 2.53. The van der Waals surface area contributed by atoms with E-state index in [-0.39, 0.29) is 19.3 Å². The first-order valence-corrected chi connectivity index (χ1v) is 29.5. The van der Waals surface area contributed by atoms with Crippen LogP contribution < -0.4 is 37.7 Å². The number of anilines is 3. The van der Waals surface area contributed by atoms with Gasteiger partial charge in [0.05, 0.1) is 16.6 Å². The molecule has 19 rings (SSSR count). The van der Waals surface area contributed by atoms with E-state index < -0.39 is 0 Å². The molecule has 15 aromatic rings. The second-order valence-corrected chi connectivity index (χ2v) is 23.4. The summed E-state index contributed by atoms with van der Waals surface area (Å²) in [5.41, 5.74) is 32.9. The van der Waals surface area contributed by atoms with Crippen LogP contribution in [0.5, 0.6) is 0 Å². The molecule has 1 unspecified atom stereocenters. The van der Waals surface area contributed by atoms with Crippen LogP contribution in [-0.4, -0.2) is 22.6 Å². The molecule has 5 heteroatoms. The third-order valence-corrected chi connectivity index (χ3v) is 19.2. The summed E-state index contributed by atoms with van der Waals surface area (Å²) in [6, 6.07) is 110. The molecule has 4 aliphatic heterocycles. The monoisotopic (exact) mass is 1060 g/mol. The van der Waals surface area contributed by atoms with E-state index in [9.17, 15) is 0 Å². The summed E-state index contributed by atoms with van der Waals surface area (Å²) in [5, 5.41) is 5.11. The third kappa shape index (κ3) is 6.28. The Balaban J connectivity index is 1.01. The molecule has 0 radical (unpaired) electrons. The first-order valence-electron chi connectivity index (χ1n) is 29.5. The van der Waals surface area contributed by atoms with Crippen molar-refractivity contribution >= 4 is 107 Å². The normalized spacial score (nSPS) is 14.0. The Morgan fingerprint density at radius 1 is 0.286 bits per heavy atom. The van der Waals surface area contributed by atoms with E-state index in [1.54, 1.807) is 0 Å². The molecule has 0 saturated carbocycles. The average molecular weight is 1060 g/mol. The molecule has 1 atom stereocenters.